The van der Waals surface area contributed by atoms with Gasteiger partial charge in [0.2, 0.25) is 0 Å². The number of anilines is 3. The minimum Gasteiger partial charge on any atom is -0.457 e. The summed E-state index contributed by atoms with van der Waals surface area (Å²) in [5, 5.41) is 0. The van der Waals surface area contributed by atoms with Crippen LogP contribution in [0.3, 0.4) is 0 Å². The molecule has 0 saturated heterocycles. The topological polar surface area (TPSA) is 25.4 Å². The van der Waals surface area contributed by atoms with Crippen LogP contribution in [0.5, 0.6) is 11.5 Å². The first-order valence-corrected chi connectivity index (χ1v) is 17.4. The molecule has 0 bridgehead atoms. The van der Waals surface area contributed by atoms with Gasteiger partial charge in [0, 0.05) is 27.9 Å². The normalized spacial score (nSPS) is 13.4. The first-order chi connectivity index (χ1) is 25.3. The van der Waals surface area contributed by atoms with Gasteiger partial charge in [-0.05, 0) is 70.8 Å². The summed E-state index contributed by atoms with van der Waals surface area (Å²) in [7, 11) is 0. The number of ether oxygens (including phenoxy) is 1. The standard InChI is InChI=1S/C48H32N2O/c1-4-16-33(17-5-1)36-30-42(34-18-6-2-7-19-34)49-43(31-36)35-28-29-41-47(32-35)51-46-27-15-12-24-40(46)48(41)38-22-10-13-25-44(38)50(37-20-8-3-9-21-37)45-26-14-11-23-39(45)48/h1-32H. The second kappa shape index (κ2) is 11.7. The monoisotopic (exact) mass is 652 g/mol. The summed E-state index contributed by atoms with van der Waals surface area (Å²) in [6.07, 6.45) is 0. The minimum atomic E-state index is -0.615. The minimum absolute atomic E-state index is 0.615. The number of rotatable bonds is 4. The van der Waals surface area contributed by atoms with E-state index < -0.39 is 5.41 Å². The van der Waals surface area contributed by atoms with Gasteiger partial charge in [-0.15, -0.1) is 0 Å². The average Bonchev–Trinajstić information content (AvgIpc) is 3.21. The summed E-state index contributed by atoms with van der Waals surface area (Å²) in [6, 6.07) is 68.8. The first kappa shape index (κ1) is 29.2. The highest BCUT2D eigenvalue weighted by Crippen LogP contribution is 2.62. The van der Waals surface area contributed by atoms with E-state index in [0.29, 0.717) is 0 Å². The van der Waals surface area contributed by atoms with E-state index in [0.717, 1.165) is 73.3 Å². The Morgan fingerprint density at radius 1 is 0.373 bits per heavy atom. The van der Waals surface area contributed by atoms with E-state index in [1.807, 2.05) is 6.07 Å². The van der Waals surface area contributed by atoms with Crippen molar-refractivity contribution in [2.24, 2.45) is 0 Å². The number of nitrogens with zero attached hydrogens (tertiary/aromatic N) is 2. The van der Waals surface area contributed by atoms with Crippen molar-refractivity contribution in [2.45, 2.75) is 5.41 Å². The van der Waals surface area contributed by atoms with Crippen molar-refractivity contribution >= 4 is 17.1 Å². The molecule has 1 aromatic heterocycles. The number of benzene rings is 7. The molecular formula is C48H32N2O. The molecule has 0 N–H and O–H groups in total. The number of aromatic nitrogens is 1. The van der Waals surface area contributed by atoms with E-state index in [1.165, 1.54) is 11.1 Å². The van der Waals surface area contributed by atoms with Crippen molar-refractivity contribution in [2.75, 3.05) is 4.90 Å². The van der Waals surface area contributed by atoms with Gasteiger partial charge in [-0.3, -0.25) is 0 Å². The maximum atomic E-state index is 6.90. The second-order valence-electron chi connectivity index (χ2n) is 13.1. The van der Waals surface area contributed by atoms with E-state index in [1.54, 1.807) is 0 Å². The summed E-state index contributed by atoms with van der Waals surface area (Å²) >= 11 is 0. The molecule has 8 aromatic rings. The third kappa shape index (κ3) is 4.56. The molecule has 2 aliphatic rings. The lowest BCUT2D eigenvalue weighted by Crippen LogP contribution is -2.39. The Hall–Kier alpha value is -6.71. The Balaban J connectivity index is 1.22. The molecule has 0 aliphatic carbocycles. The summed E-state index contributed by atoms with van der Waals surface area (Å²) in [4.78, 5) is 7.64. The van der Waals surface area contributed by atoms with Crippen molar-refractivity contribution in [1.82, 2.24) is 4.98 Å². The van der Waals surface area contributed by atoms with Crippen LogP contribution in [-0.2, 0) is 5.41 Å². The molecule has 2 aliphatic heterocycles. The van der Waals surface area contributed by atoms with Crippen LogP contribution < -0.4 is 9.64 Å². The lowest BCUT2D eigenvalue weighted by molar-refractivity contribution is 0.434. The molecule has 0 saturated carbocycles. The molecule has 0 amide bonds. The molecule has 3 heteroatoms. The van der Waals surface area contributed by atoms with Crippen LogP contribution in [0.15, 0.2) is 194 Å². The lowest BCUT2D eigenvalue weighted by atomic mass is 9.61. The van der Waals surface area contributed by atoms with Gasteiger partial charge < -0.3 is 9.64 Å². The van der Waals surface area contributed by atoms with E-state index >= 15 is 0 Å². The fraction of sp³-hybridized carbons (Fsp3) is 0.0208. The van der Waals surface area contributed by atoms with Gasteiger partial charge in [0.15, 0.2) is 0 Å². The number of hydrogen-bond donors (Lipinski definition) is 0. The maximum absolute atomic E-state index is 6.90. The van der Waals surface area contributed by atoms with Crippen LogP contribution in [0.4, 0.5) is 17.1 Å². The highest BCUT2D eigenvalue weighted by molar-refractivity contribution is 5.91. The second-order valence-corrected chi connectivity index (χ2v) is 13.1. The zero-order valence-corrected chi connectivity index (χ0v) is 27.8. The molecule has 51 heavy (non-hydrogen) atoms. The molecule has 0 unspecified atom stereocenters. The molecule has 10 rings (SSSR count). The van der Waals surface area contributed by atoms with E-state index in [4.69, 9.17) is 9.72 Å². The molecule has 0 fully saturated rings. The quantitative estimate of drug-likeness (QED) is 0.189. The van der Waals surface area contributed by atoms with Gasteiger partial charge in [-0.1, -0.05) is 146 Å². The smallest absolute Gasteiger partial charge is 0.132 e. The number of para-hydroxylation sites is 4. The Kier molecular flexibility index (Phi) is 6.71. The van der Waals surface area contributed by atoms with E-state index in [-0.39, 0.29) is 0 Å². The molecule has 7 aromatic carbocycles. The number of fused-ring (bicyclic) bond motifs is 8. The van der Waals surface area contributed by atoms with Crippen LogP contribution in [0.2, 0.25) is 0 Å². The number of hydrogen-bond acceptors (Lipinski definition) is 3. The third-order valence-corrected chi connectivity index (χ3v) is 10.3. The molecule has 3 heterocycles. The maximum Gasteiger partial charge on any atom is 0.132 e. The SMILES string of the molecule is c1ccc(-c2cc(-c3ccccc3)nc(-c3ccc4c(c3)Oc3ccccc3C43c4ccccc4N(c4ccccc4)c4ccccc43)c2)cc1. The van der Waals surface area contributed by atoms with Crippen molar-refractivity contribution in [3.63, 3.8) is 0 Å². The average molecular weight is 653 g/mol. The Morgan fingerprint density at radius 2 is 0.882 bits per heavy atom. The van der Waals surface area contributed by atoms with Gasteiger partial charge in [0.1, 0.15) is 11.5 Å². The Labute approximate surface area is 297 Å². The summed E-state index contributed by atoms with van der Waals surface area (Å²) < 4.78 is 6.90. The molecule has 1 spiro atoms. The summed E-state index contributed by atoms with van der Waals surface area (Å²) in [5.74, 6) is 1.69. The fourth-order valence-corrected chi connectivity index (χ4v) is 8.12. The van der Waals surface area contributed by atoms with Gasteiger partial charge in [-0.25, -0.2) is 4.98 Å². The third-order valence-electron chi connectivity index (χ3n) is 10.3. The highest BCUT2D eigenvalue weighted by Gasteiger charge is 2.51. The van der Waals surface area contributed by atoms with Gasteiger partial charge in [0.05, 0.1) is 28.2 Å². The molecule has 240 valence electrons. The molecule has 3 nitrogen and oxygen atoms in total. The van der Waals surface area contributed by atoms with Crippen LogP contribution in [0, 0.1) is 0 Å². The predicted octanol–water partition coefficient (Wildman–Crippen LogP) is 12.4. The van der Waals surface area contributed by atoms with E-state index in [9.17, 15) is 0 Å². The molecule has 0 atom stereocenters. The number of pyridine rings is 1. The molecular weight excluding hydrogens is 621 g/mol. The fourth-order valence-electron chi connectivity index (χ4n) is 8.12. The predicted molar refractivity (Wildman–Crippen MR) is 207 cm³/mol. The van der Waals surface area contributed by atoms with Crippen molar-refractivity contribution < 1.29 is 4.74 Å². The first-order valence-electron chi connectivity index (χ1n) is 17.4. The van der Waals surface area contributed by atoms with Crippen LogP contribution in [-0.4, -0.2) is 4.98 Å². The van der Waals surface area contributed by atoms with Gasteiger partial charge in [-0.2, -0.15) is 0 Å². The Bertz CT molecular complexity index is 2460. The zero-order chi connectivity index (χ0) is 33.8. The van der Waals surface area contributed by atoms with Crippen LogP contribution >= 0.6 is 0 Å². The summed E-state index contributed by atoms with van der Waals surface area (Å²) in [5.41, 5.74) is 13.7. The molecule has 0 radical (unpaired) electrons. The Morgan fingerprint density at radius 3 is 1.55 bits per heavy atom. The van der Waals surface area contributed by atoms with E-state index in [2.05, 4.69) is 193 Å². The van der Waals surface area contributed by atoms with Crippen molar-refractivity contribution in [3.8, 4) is 45.1 Å². The van der Waals surface area contributed by atoms with Gasteiger partial charge in [0.25, 0.3) is 0 Å². The van der Waals surface area contributed by atoms with Crippen molar-refractivity contribution in [1.29, 1.82) is 0 Å². The van der Waals surface area contributed by atoms with Crippen molar-refractivity contribution in [3.05, 3.63) is 216 Å². The van der Waals surface area contributed by atoms with Crippen LogP contribution in [0.1, 0.15) is 22.3 Å². The zero-order valence-electron chi connectivity index (χ0n) is 27.8. The highest BCUT2D eigenvalue weighted by atomic mass is 16.5. The largest absolute Gasteiger partial charge is 0.457 e. The van der Waals surface area contributed by atoms with Gasteiger partial charge >= 0.3 is 0 Å². The summed E-state index contributed by atoms with van der Waals surface area (Å²) in [6.45, 7) is 0. The lowest BCUT2D eigenvalue weighted by Gasteiger charge is -2.48. The van der Waals surface area contributed by atoms with Crippen LogP contribution in [0.25, 0.3) is 33.6 Å².